The van der Waals surface area contributed by atoms with Gasteiger partial charge in [0.1, 0.15) is 124 Å². The maximum Gasteiger partial charge on any atom is 0.239 e. The van der Waals surface area contributed by atoms with Crippen LogP contribution in [0.3, 0.4) is 0 Å². The molecule has 12 aromatic rings. The molecular formula is C99H89BrO30S3. The van der Waals surface area contributed by atoms with E-state index in [-0.39, 0.29) is 176 Å². The number of carbonyl (C=O) groups is 6. The number of rotatable bonds is 33. The van der Waals surface area contributed by atoms with Gasteiger partial charge in [0.2, 0.25) is 48.9 Å². The molecule has 9 aromatic carbocycles. The number of halogens is 1. The van der Waals surface area contributed by atoms with E-state index < -0.39 is 16.3 Å². The molecule has 0 radical (unpaired) electrons. The number of Topliss-reactive ketones (excluding diaryl/α,β-unsaturated/α-hetero) is 3. The number of carbonyl (C=O) groups excluding carboxylic acids is 6. The number of methoxy groups -OCH3 is 12. The quantitative estimate of drug-likeness (QED) is 0.0209. The van der Waals surface area contributed by atoms with Crippen molar-refractivity contribution in [1.29, 1.82) is 0 Å². The second-order valence-corrected chi connectivity index (χ2v) is 33.0. The van der Waals surface area contributed by atoms with Crippen LogP contribution in [-0.2, 0) is 28.8 Å². The van der Waals surface area contributed by atoms with E-state index in [2.05, 4.69) is 15.9 Å². The van der Waals surface area contributed by atoms with Crippen LogP contribution < -0.4 is 102 Å². The zero-order valence-corrected chi connectivity index (χ0v) is 78.8. The van der Waals surface area contributed by atoms with Gasteiger partial charge in [-0.1, -0.05) is 30.3 Å². The van der Waals surface area contributed by atoms with Gasteiger partial charge < -0.3 is 98.5 Å². The fraction of sp³-hybridized carbons (Fsp3) is 0.242. The highest BCUT2D eigenvalue weighted by Gasteiger charge is 2.33. The van der Waals surface area contributed by atoms with Gasteiger partial charge in [0.05, 0.1) is 124 Å². The Balaban J connectivity index is 0.000000169. The molecule has 0 saturated carbocycles. The van der Waals surface area contributed by atoms with Crippen LogP contribution in [0, 0.1) is 0 Å². The standard InChI is InChI=1S/C33H29BrO10S.2C33H30O10S/c1-17(33-22(35)16-28(36)45-33)18-6-8-23(21(34)12-18)42-10-11-43-32-30(37)29-26(41-5)14-20(38-2)15-27(29)44-31(32)19-7-9-24(39-3)25(13-19)40-4;2*1-18(33-23(34)17-28(35)44-33)19-6-9-21(10-7-19)41-12-13-42-32-30(36)29-26(40-5)15-22(37-2)16-27(29)43-31(32)20-8-11-24(38-3)25(14-20)39-4/h6-9,12-15H,10-11,16H2,1-5H3;2*6-11,14-16H,12-13,17H2,1-5H3/b33-17-;2*33-18-. The number of ether oxygens (including phenoxy) is 18. The summed E-state index contributed by atoms with van der Waals surface area (Å²) in [5.74, 6) is 6.70. The van der Waals surface area contributed by atoms with Gasteiger partial charge >= 0.3 is 0 Å². The van der Waals surface area contributed by atoms with E-state index in [0.29, 0.717) is 105 Å². The van der Waals surface area contributed by atoms with Gasteiger partial charge in [-0.15, -0.1) is 0 Å². The third-order valence-corrected chi connectivity index (χ3v) is 25.0. The summed E-state index contributed by atoms with van der Waals surface area (Å²) in [7, 11) is 18.0. The zero-order chi connectivity index (χ0) is 95.0. The van der Waals surface area contributed by atoms with Gasteiger partial charge in [0, 0.05) is 53.1 Å². The van der Waals surface area contributed by atoms with Crippen molar-refractivity contribution in [2.45, 2.75) is 40.0 Å². The third kappa shape index (κ3) is 21.5. The van der Waals surface area contributed by atoms with E-state index in [1.165, 1.54) is 85.3 Å². The first-order chi connectivity index (χ1) is 64.2. The number of hydrogen-bond acceptors (Lipinski definition) is 33. The molecule has 3 saturated heterocycles. The summed E-state index contributed by atoms with van der Waals surface area (Å²) in [5.41, 5.74) is 5.69. The lowest BCUT2D eigenvalue weighted by atomic mass is 10.1. The van der Waals surface area contributed by atoms with Gasteiger partial charge in [-0.05, 0) is 196 Å². The zero-order valence-electron chi connectivity index (χ0n) is 74.7. The van der Waals surface area contributed by atoms with Crippen molar-refractivity contribution in [1.82, 2.24) is 0 Å². The molecule has 3 fully saturated rings. The Morgan fingerprint density at radius 2 is 0.549 bits per heavy atom. The Morgan fingerprint density at radius 3 is 0.820 bits per heavy atom. The van der Waals surface area contributed by atoms with Gasteiger partial charge in [-0.25, -0.2) is 0 Å². The largest absolute Gasteiger partial charge is 0.496 e. The SMILES string of the molecule is COc1cc(OC)c2c(=O)c(OCCOc3ccc(/C(C)=C4\SC(=O)CC4=O)cc3)c(-c3ccc(OC)c(OC)c3)oc2c1.COc1cc(OC)c2c(=O)c(OCCOc3ccc(/C(C)=C4\SC(=O)CC4=O)cc3)c(-c3ccc(OC)c(OC)c3)oc2c1.COc1cc(OC)c2c(=O)c(OCCOc3ccc(/C(C)=C4\SC(=O)CC4=O)cc3Br)c(-c3ccc(OC)c(OC)c3)oc2c1. The number of ketones is 3. The first-order valence-corrected chi connectivity index (χ1v) is 44.0. The van der Waals surface area contributed by atoms with Crippen molar-refractivity contribution in [2.75, 3.05) is 125 Å². The van der Waals surface area contributed by atoms with Crippen molar-refractivity contribution in [3.8, 4) is 137 Å². The van der Waals surface area contributed by atoms with Crippen LogP contribution in [0.25, 0.3) is 83.6 Å². The van der Waals surface area contributed by atoms with Crippen LogP contribution in [0.15, 0.2) is 205 Å². The highest BCUT2D eigenvalue weighted by Crippen LogP contribution is 2.46. The molecule has 0 spiro atoms. The van der Waals surface area contributed by atoms with Crippen molar-refractivity contribution in [3.63, 3.8) is 0 Å². The van der Waals surface area contributed by atoms with Crippen molar-refractivity contribution >= 4 is 134 Å². The normalized spacial score (nSPS) is 14.0. The number of allylic oxidation sites excluding steroid dienone is 6. The Kier molecular flexibility index (Phi) is 31.6. The summed E-state index contributed by atoms with van der Waals surface area (Å²) in [6, 6.07) is 44.8. The minimum Gasteiger partial charge on any atom is -0.496 e. The summed E-state index contributed by atoms with van der Waals surface area (Å²) < 4.78 is 120. The molecule has 0 atom stereocenters. The van der Waals surface area contributed by atoms with E-state index in [1.807, 2.05) is 57.2 Å². The predicted octanol–water partition coefficient (Wildman–Crippen LogP) is 18.5. The highest BCUT2D eigenvalue weighted by atomic mass is 79.9. The molecule has 0 unspecified atom stereocenters. The smallest absolute Gasteiger partial charge is 0.239 e. The molecule has 0 bridgehead atoms. The van der Waals surface area contributed by atoms with Gasteiger partial charge in [-0.3, -0.25) is 43.2 Å². The van der Waals surface area contributed by atoms with Crippen LogP contribution in [0.5, 0.6) is 103 Å². The molecule has 6 heterocycles. The molecule has 0 N–H and O–H groups in total. The first-order valence-electron chi connectivity index (χ1n) is 40.7. The maximum absolute atomic E-state index is 13.9. The summed E-state index contributed by atoms with van der Waals surface area (Å²) in [4.78, 5) is 114. The van der Waals surface area contributed by atoms with Gasteiger partial charge in [-0.2, -0.15) is 0 Å². The molecule has 3 aliphatic rings. The van der Waals surface area contributed by atoms with Crippen LogP contribution in [-0.4, -0.2) is 158 Å². The molecule has 30 nitrogen and oxygen atoms in total. The lowest BCUT2D eigenvalue weighted by Gasteiger charge is -2.16. The van der Waals surface area contributed by atoms with E-state index in [9.17, 15) is 43.2 Å². The summed E-state index contributed by atoms with van der Waals surface area (Å²) in [5, 5.41) is 0.167. The van der Waals surface area contributed by atoms with Crippen LogP contribution >= 0.6 is 51.2 Å². The molecule has 690 valence electrons. The monoisotopic (exact) mass is 1930 g/mol. The third-order valence-electron chi connectivity index (χ3n) is 21.0. The summed E-state index contributed by atoms with van der Waals surface area (Å²) in [6.45, 7) is 5.81. The maximum atomic E-state index is 13.9. The Hall–Kier alpha value is -14.2. The minimum absolute atomic E-state index is 0.000446. The molecule has 3 aromatic heterocycles. The second-order valence-electron chi connectivity index (χ2n) is 29.0. The first kappa shape index (κ1) is 96.3. The lowest BCUT2D eigenvalue weighted by molar-refractivity contribution is -0.120. The van der Waals surface area contributed by atoms with E-state index in [4.69, 9.17) is 98.5 Å². The average Bonchev–Trinajstić information content (AvgIpc) is 1.73. The van der Waals surface area contributed by atoms with Gasteiger partial charge in [0.15, 0.2) is 69.1 Å². The van der Waals surface area contributed by atoms with Crippen molar-refractivity contribution < 1.29 is 127 Å². The fourth-order valence-corrected chi connectivity index (χ4v) is 17.5. The van der Waals surface area contributed by atoms with Crippen molar-refractivity contribution in [2.24, 2.45) is 0 Å². The topological polar surface area (TPSA) is 359 Å². The molecule has 0 aliphatic carbocycles. The second kappa shape index (κ2) is 43.7. The average molecular weight is 1930 g/mol. The Morgan fingerprint density at radius 1 is 0.278 bits per heavy atom. The fourth-order valence-electron chi connectivity index (χ4n) is 14.3. The number of hydrogen-bond donors (Lipinski definition) is 0. The molecular weight excluding hydrogens is 1850 g/mol. The van der Waals surface area contributed by atoms with Gasteiger partial charge in [0.25, 0.3) is 0 Å². The number of thioether (sulfide) groups is 3. The van der Waals surface area contributed by atoms with E-state index >= 15 is 0 Å². The number of fused-ring (bicyclic) bond motifs is 3. The van der Waals surface area contributed by atoms with Crippen molar-refractivity contribution in [3.05, 3.63) is 224 Å². The molecule has 133 heavy (non-hydrogen) atoms. The Bertz CT molecular complexity index is 6560. The Labute approximate surface area is 782 Å². The van der Waals surface area contributed by atoms with Crippen LogP contribution in [0.4, 0.5) is 0 Å². The summed E-state index contributed by atoms with van der Waals surface area (Å²) >= 11 is 6.48. The lowest BCUT2D eigenvalue weighted by Crippen LogP contribution is -2.16. The van der Waals surface area contributed by atoms with E-state index in [0.717, 1.165) is 68.7 Å². The molecule has 15 rings (SSSR count). The summed E-state index contributed by atoms with van der Waals surface area (Å²) in [6.07, 6.45) is -0.213. The molecule has 34 heteroatoms. The van der Waals surface area contributed by atoms with Crippen LogP contribution in [0.1, 0.15) is 56.7 Å². The number of benzene rings is 9. The molecule has 0 amide bonds. The van der Waals surface area contributed by atoms with Crippen LogP contribution in [0.2, 0.25) is 0 Å². The molecule has 3 aliphatic heterocycles. The predicted molar refractivity (Wildman–Crippen MR) is 507 cm³/mol. The van der Waals surface area contributed by atoms with E-state index in [1.54, 1.807) is 121 Å². The minimum atomic E-state index is -0.438. The highest BCUT2D eigenvalue weighted by molar-refractivity contribution is 9.10.